The van der Waals surface area contributed by atoms with Crippen LogP contribution in [0.2, 0.25) is 0 Å². The molecule has 24 heavy (non-hydrogen) atoms. The van der Waals surface area contributed by atoms with Crippen LogP contribution in [0, 0.1) is 6.92 Å². The van der Waals surface area contributed by atoms with Gasteiger partial charge in [-0.05, 0) is 42.3 Å². The van der Waals surface area contributed by atoms with E-state index in [2.05, 4.69) is 31.1 Å². The second-order valence-corrected chi connectivity index (χ2v) is 6.87. The first-order valence-corrected chi connectivity index (χ1v) is 8.84. The average Bonchev–Trinajstić information content (AvgIpc) is 2.60. The Bertz CT molecular complexity index is 699. The molecule has 1 aromatic carbocycles. The number of pyridine rings is 1. The molecule has 1 aliphatic heterocycles. The molecule has 2 heterocycles. The molecule has 0 atom stereocenters. The third-order valence-corrected chi connectivity index (χ3v) is 5.09. The second kappa shape index (κ2) is 7.77. The van der Waals surface area contributed by atoms with Gasteiger partial charge in [0, 0.05) is 55.3 Å². The van der Waals surface area contributed by atoms with Gasteiger partial charge in [-0.25, -0.2) is 4.79 Å². The van der Waals surface area contributed by atoms with E-state index in [0.29, 0.717) is 0 Å². The molecule has 2 amide bonds. The highest BCUT2D eigenvalue weighted by Crippen LogP contribution is 2.21. The number of aromatic nitrogens is 1. The van der Waals surface area contributed by atoms with Crippen LogP contribution >= 0.6 is 15.9 Å². The Morgan fingerprint density at radius 1 is 1.17 bits per heavy atom. The Morgan fingerprint density at radius 2 is 1.88 bits per heavy atom. The number of carbonyl (C=O) groups excluding carboxylic acids is 1. The van der Waals surface area contributed by atoms with Gasteiger partial charge < -0.3 is 10.2 Å². The maximum absolute atomic E-state index is 12.4. The monoisotopic (exact) mass is 388 g/mol. The average molecular weight is 389 g/mol. The highest BCUT2D eigenvalue weighted by Gasteiger charge is 2.21. The summed E-state index contributed by atoms with van der Waals surface area (Å²) in [6.07, 6.45) is 3.64. The van der Waals surface area contributed by atoms with Crippen molar-refractivity contribution < 1.29 is 4.79 Å². The molecule has 1 aliphatic rings. The smallest absolute Gasteiger partial charge is 0.321 e. The minimum Gasteiger partial charge on any atom is -0.322 e. The van der Waals surface area contributed by atoms with Gasteiger partial charge in [-0.1, -0.05) is 22.0 Å². The molecule has 0 saturated carbocycles. The maximum atomic E-state index is 12.4. The van der Waals surface area contributed by atoms with Crippen molar-refractivity contribution in [3.8, 4) is 0 Å². The maximum Gasteiger partial charge on any atom is 0.321 e. The van der Waals surface area contributed by atoms with E-state index in [1.54, 1.807) is 0 Å². The first-order chi connectivity index (χ1) is 11.6. The number of benzene rings is 1. The van der Waals surface area contributed by atoms with Gasteiger partial charge in [0.25, 0.3) is 0 Å². The Hall–Kier alpha value is -1.92. The molecule has 1 N–H and O–H groups in total. The molecule has 0 unspecified atom stereocenters. The first kappa shape index (κ1) is 16.9. The quantitative estimate of drug-likeness (QED) is 0.874. The minimum absolute atomic E-state index is 0.0330. The Labute approximate surface area is 150 Å². The van der Waals surface area contributed by atoms with Crippen molar-refractivity contribution in [1.29, 1.82) is 0 Å². The molecule has 0 aliphatic carbocycles. The fourth-order valence-corrected chi connectivity index (χ4v) is 3.11. The molecule has 6 heteroatoms. The zero-order valence-electron chi connectivity index (χ0n) is 13.7. The second-order valence-electron chi connectivity index (χ2n) is 6.01. The van der Waals surface area contributed by atoms with E-state index < -0.39 is 0 Å². The lowest BCUT2D eigenvalue weighted by molar-refractivity contribution is 0.143. The summed E-state index contributed by atoms with van der Waals surface area (Å²) >= 11 is 3.50. The Morgan fingerprint density at radius 3 is 2.54 bits per heavy atom. The van der Waals surface area contributed by atoms with Crippen LogP contribution in [0.5, 0.6) is 0 Å². The van der Waals surface area contributed by atoms with Gasteiger partial charge in [-0.3, -0.25) is 9.88 Å². The lowest BCUT2D eigenvalue weighted by Crippen LogP contribution is -2.49. The molecule has 2 aromatic rings. The minimum atomic E-state index is -0.0330. The van der Waals surface area contributed by atoms with Crippen molar-refractivity contribution in [2.45, 2.75) is 13.5 Å². The number of anilines is 1. The zero-order valence-corrected chi connectivity index (χ0v) is 15.3. The summed E-state index contributed by atoms with van der Waals surface area (Å²) in [5, 5.41) is 2.97. The summed E-state index contributed by atoms with van der Waals surface area (Å²) in [5.74, 6) is 0. The van der Waals surface area contributed by atoms with Crippen LogP contribution in [0.3, 0.4) is 0 Å². The molecule has 1 fully saturated rings. The topological polar surface area (TPSA) is 48.5 Å². The van der Waals surface area contributed by atoms with Crippen LogP contribution in [-0.4, -0.2) is 47.0 Å². The van der Waals surface area contributed by atoms with Crippen LogP contribution in [0.4, 0.5) is 10.5 Å². The summed E-state index contributed by atoms with van der Waals surface area (Å²) in [5.41, 5.74) is 3.22. The number of piperazine rings is 1. The SMILES string of the molecule is Cc1ccc(NC(=O)N2CCN(Cc3ccncc3)CC2)cc1Br. The highest BCUT2D eigenvalue weighted by molar-refractivity contribution is 9.10. The Balaban J connectivity index is 1.50. The van der Waals surface area contributed by atoms with Crippen LogP contribution in [-0.2, 0) is 6.54 Å². The number of carbonyl (C=O) groups is 1. The van der Waals surface area contributed by atoms with Crippen LogP contribution in [0.25, 0.3) is 0 Å². The van der Waals surface area contributed by atoms with Crippen molar-refractivity contribution >= 4 is 27.6 Å². The van der Waals surface area contributed by atoms with Gasteiger partial charge >= 0.3 is 6.03 Å². The molecule has 0 radical (unpaired) electrons. The van der Waals surface area contributed by atoms with E-state index in [1.807, 2.05) is 54.5 Å². The van der Waals surface area contributed by atoms with E-state index in [0.717, 1.165) is 48.4 Å². The van der Waals surface area contributed by atoms with Crippen LogP contribution in [0.1, 0.15) is 11.1 Å². The number of hydrogen-bond donors (Lipinski definition) is 1. The van der Waals surface area contributed by atoms with E-state index in [1.165, 1.54) is 5.56 Å². The first-order valence-electron chi connectivity index (χ1n) is 8.05. The van der Waals surface area contributed by atoms with Gasteiger partial charge in [-0.15, -0.1) is 0 Å². The van der Waals surface area contributed by atoms with Gasteiger partial charge in [-0.2, -0.15) is 0 Å². The van der Waals surface area contributed by atoms with E-state index in [4.69, 9.17) is 0 Å². The molecular weight excluding hydrogens is 368 g/mol. The summed E-state index contributed by atoms with van der Waals surface area (Å²) in [6, 6.07) is 9.90. The third-order valence-electron chi connectivity index (χ3n) is 4.24. The lowest BCUT2D eigenvalue weighted by Gasteiger charge is -2.34. The normalized spacial score (nSPS) is 15.3. The van der Waals surface area contributed by atoms with Gasteiger partial charge in [0.1, 0.15) is 0 Å². The van der Waals surface area contributed by atoms with Gasteiger partial charge in [0.2, 0.25) is 0 Å². The van der Waals surface area contributed by atoms with E-state index in [-0.39, 0.29) is 6.03 Å². The van der Waals surface area contributed by atoms with Gasteiger partial charge in [0.15, 0.2) is 0 Å². The molecule has 0 spiro atoms. The predicted octanol–water partition coefficient (Wildman–Crippen LogP) is 3.50. The number of rotatable bonds is 3. The van der Waals surface area contributed by atoms with Crippen molar-refractivity contribution in [2.24, 2.45) is 0 Å². The number of halogens is 1. The van der Waals surface area contributed by atoms with Crippen molar-refractivity contribution in [1.82, 2.24) is 14.8 Å². The van der Waals surface area contributed by atoms with Crippen LogP contribution < -0.4 is 5.32 Å². The molecule has 5 nitrogen and oxygen atoms in total. The molecule has 3 rings (SSSR count). The van der Waals surface area contributed by atoms with Crippen LogP contribution in [0.15, 0.2) is 47.2 Å². The fraction of sp³-hybridized carbons (Fsp3) is 0.333. The summed E-state index contributed by atoms with van der Waals surface area (Å²) in [6.45, 7) is 6.18. The number of aryl methyl sites for hydroxylation is 1. The molecular formula is C18H21BrN4O. The predicted molar refractivity (Wildman–Crippen MR) is 99.0 cm³/mol. The zero-order chi connectivity index (χ0) is 16.9. The van der Waals surface area contributed by atoms with Crippen molar-refractivity contribution in [3.63, 3.8) is 0 Å². The summed E-state index contributed by atoms with van der Waals surface area (Å²) < 4.78 is 1.00. The number of nitrogens with zero attached hydrogens (tertiary/aromatic N) is 3. The van der Waals surface area contributed by atoms with E-state index in [9.17, 15) is 4.79 Å². The summed E-state index contributed by atoms with van der Waals surface area (Å²) in [7, 11) is 0. The third kappa shape index (κ3) is 4.33. The van der Waals surface area contributed by atoms with Gasteiger partial charge in [0.05, 0.1) is 0 Å². The Kier molecular flexibility index (Phi) is 5.48. The summed E-state index contributed by atoms with van der Waals surface area (Å²) in [4.78, 5) is 20.7. The fourth-order valence-electron chi connectivity index (χ4n) is 2.73. The standard InChI is InChI=1S/C18H21BrN4O/c1-14-2-3-16(12-17(14)19)21-18(24)23-10-8-22(9-11-23)13-15-4-6-20-7-5-15/h2-7,12H,8-11,13H2,1H3,(H,21,24). The van der Waals surface area contributed by atoms with Crippen molar-refractivity contribution in [2.75, 3.05) is 31.5 Å². The lowest BCUT2D eigenvalue weighted by atomic mass is 10.2. The largest absolute Gasteiger partial charge is 0.322 e. The van der Waals surface area contributed by atoms with E-state index >= 15 is 0 Å². The number of hydrogen-bond acceptors (Lipinski definition) is 3. The molecule has 0 bridgehead atoms. The number of nitrogens with one attached hydrogen (secondary N) is 1. The molecule has 126 valence electrons. The molecule has 1 aromatic heterocycles. The van der Waals surface area contributed by atoms with Crippen molar-refractivity contribution in [3.05, 3.63) is 58.3 Å². The number of urea groups is 1. The highest BCUT2D eigenvalue weighted by atomic mass is 79.9. The molecule has 1 saturated heterocycles. The number of amides is 2.